The molecule has 0 atom stereocenters. The number of amides is 1. The van der Waals surface area contributed by atoms with Crippen molar-refractivity contribution in [1.82, 2.24) is 34.5 Å². The normalized spacial score (nSPS) is 10.7. The summed E-state index contributed by atoms with van der Waals surface area (Å²) in [5.74, 6) is 1.15. The van der Waals surface area contributed by atoms with Gasteiger partial charge in [-0.05, 0) is 66.4 Å². The van der Waals surface area contributed by atoms with Gasteiger partial charge in [-0.25, -0.2) is 33.5 Å². The minimum atomic E-state index is -0.652. The van der Waals surface area contributed by atoms with Crippen LogP contribution in [0.5, 0.6) is 0 Å². The zero-order valence-electron chi connectivity index (χ0n) is 24.4. The van der Waals surface area contributed by atoms with E-state index < -0.39 is 17.5 Å². The Balaban J connectivity index is 0.000000177. The third-order valence-electron chi connectivity index (χ3n) is 5.23. The van der Waals surface area contributed by atoms with Crippen LogP contribution < -0.4 is 16.8 Å². The van der Waals surface area contributed by atoms with E-state index in [1.807, 2.05) is 35.4 Å². The SMILES string of the molecule is CC(C)(C)OC(=O)Nc1cc(F)ccn1.CC(C)c1cnn(-c2ccnc(N)c2)c1.Nc1cc(-n2cc(Br)cn2)ccn1. The zero-order chi connectivity index (χ0) is 31.6. The molecule has 0 radical (unpaired) electrons. The predicted octanol–water partition coefficient (Wildman–Crippen LogP) is 6.15. The van der Waals surface area contributed by atoms with Crippen LogP contribution in [-0.4, -0.2) is 46.2 Å². The number of carbonyl (C=O) groups is 1. The number of hydrogen-bond acceptors (Lipinski definition) is 9. The third-order valence-corrected chi connectivity index (χ3v) is 5.64. The summed E-state index contributed by atoms with van der Waals surface area (Å²) in [6, 6.07) is 9.60. The summed E-state index contributed by atoms with van der Waals surface area (Å²) < 4.78 is 22.2. The van der Waals surface area contributed by atoms with Crippen LogP contribution >= 0.6 is 15.9 Å². The molecule has 226 valence electrons. The van der Waals surface area contributed by atoms with Gasteiger partial charge >= 0.3 is 6.09 Å². The quantitative estimate of drug-likeness (QED) is 0.206. The lowest BCUT2D eigenvalue weighted by atomic mass is 10.1. The van der Waals surface area contributed by atoms with E-state index in [1.54, 1.807) is 56.2 Å². The number of rotatable bonds is 4. The van der Waals surface area contributed by atoms with Gasteiger partial charge in [0.2, 0.25) is 0 Å². The Morgan fingerprint density at radius 1 is 0.907 bits per heavy atom. The number of nitrogens with zero attached hydrogens (tertiary/aromatic N) is 7. The molecule has 0 aromatic carbocycles. The average Bonchev–Trinajstić information content (AvgIpc) is 3.58. The molecule has 0 saturated heterocycles. The molecule has 0 unspecified atom stereocenters. The van der Waals surface area contributed by atoms with Gasteiger partial charge in [-0.3, -0.25) is 5.32 Å². The molecule has 5 N–H and O–H groups in total. The highest BCUT2D eigenvalue weighted by atomic mass is 79.9. The minimum absolute atomic E-state index is 0.129. The number of ether oxygens (including phenoxy) is 1. The van der Waals surface area contributed by atoms with E-state index in [2.05, 4.69) is 60.2 Å². The molecule has 0 saturated carbocycles. The second kappa shape index (κ2) is 14.9. The predicted molar refractivity (Wildman–Crippen MR) is 167 cm³/mol. The smallest absolute Gasteiger partial charge is 0.413 e. The molecule has 12 nitrogen and oxygen atoms in total. The number of nitrogen functional groups attached to an aromatic ring is 2. The molecule has 0 bridgehead atoms. The first kappa shape index (κ1) is 32.7. The molecular formula is C29H34BrFN10O2. The highest BCUT2D eigenvalue weighted by Crippen LogP contribution is 2.16. The fourth-order valence-corrected chi connectivity index (χ4v) is 3.54. The summed E-state index contributed by atoms with van der Waals surface area (Å²) in [6.45, 7) is 9.51. The Kier molecular flexibility index (Phi) is 11.3. The van der Waals surface area contributed by atoms with E-state index >= 15 is 0 Å². The summed E-state index contributed by atoms with van der Waals surface area (Å²) in [7, 11) is 0. The molecule has 0 fully saturated rings. The van der Waals surface area contributed by atoms with Gasteiger partial charge in [-0.1, -0.05) is 13.8 Å². The Bertz CT molecular complexity index is 1630. The van der Waals surface area contributed by atoms with E-state index in [4.69, 9.17) is 16.2 Å². The number of carbonyl (C=O) groups excluding carboxylic acids is 1. The fraction of sp³-hybridized carbons (Fsp3) is 0.241. The van der Waals surface area contributed by atoms with Crippen molar-refractivity contribution in [3.63, 3.8) is 0 Å². The molecule has 0 spiro atoms. The van der Waals surface area contributed by atoms with Gasteiger partial charge in [0.1, 0.15) is 28.9 Å². The number of nitrogens with two attached hydrogens (primary N) is 2. The number of pyridine rings is 3. The van der Waals surface area contributed by atoms with E-state index in [0.717, 1.165) is 21.9 Å². The van der Waals surface area contributed by atoms with E-state index in [-0.39, 0.29) is 5.82 Å². The van der Waals surface area contributed by atoms with Crippen molar-refractivity contribution in [3.05, 3.63) is 95.6 Å². The standard InChI is InChI=1S/C11H14N4.C10H13FN2O2.C8H7BrN4/c1-8(2)9-6-14-15(7-9)10-3-4-13-11(12)5-10;1-10(2,3)15-9(14)13-8-6-7(11)4-5-12-8;9-6-4-12-13(5-6)7-1-2-11-8(10)3-7/h3-8H,1-2H3,(H2,12,13);4-6H,1-3H3,(H,12,13,14);1-5H,(H2,10,11). The van der Waals surface area contributed by atoms with Crippen LogP contribution in [-0.2, 0) is 4.74 Å². The summed E-state index contributed by atoms with van der Waals surface area (Å²) >= 11 is 3.32. The van der Waals surface area contributed by atoms with Gasteiger partial charge < -0.3 is 16.2 Å². The van der Waals surface area contributed by atoms with Crippen molar-refractivity contribution in [3.8, 4) is 11.4 Å². The first-order valence-electron chi connectivity index (χ1n) is 13.1. The zero-order valence-corrected chi connectivity index (χ0v) is 26.0. The lowest BCUT2D eigenvalue weighted by Crippen LogP contribution is -2.27. The van der Waals surface area contributed by atoms with Gasteiger partial charge in [0.15, 0.2) is 0 Å². The van der Waals surface area contributed by atoms with Crippen molar-refractivity contribution in [2.45, 2.75) is 46.1 Å². The van der Waals surface area contributed by atoms with Crippen molar-refractivity contribution < 1.29 is 13.9 Å². The van der Waals surface area contributed by atoms with Crippen molar-refractivity contribution in [1.29, 1.82) is 0 Å². The molecule has 5 aromatic heterocycles. The van der Waals surface area contributed by atoms with Crippen LogP contribution in [0.4, 0.5) is 26.6 Å². The number of nitrogens with one attached hydrogen (secondary N) is 1. The molecule has 0 aliphatic heterocycles. The molecule has 0 aliphatic rings. The van der Waals surface area contributed by atoms with Crippen LogP contribution in [0.3, 0.4) is 0 Å². The Hall–Kier alpha value is -4.85. The third kappa shape index (κ3) is 11.2. The second-order valence-electron chi connectivity index (χ2n) is 10.3. The van der Waals surface area contributed by atoms with Crippen LogP contribution in [0.1, 0.15) is 46.1 Å². The monoisotopic (exact) mass is 652 g/mol. The molecule has 0 aliphatic carbocycles. The molecule has 5 heterocycles. The maximum absolute atomic E-state index is 12.7. The number of hydrogen-bond donors (Lipinski definition) is 3. The van der Waals surface area contributed by atoms with Gasteiger partial charge in [-0.2, -0.15) is 10.2 Å². The van der Waals surface area contributed by atoms with Crippen molar-refractivity contribution in [2.75, 3.05) is 16.8 Å². The first-order valence-corrected chi connectivity index (χ1v) is 13.9. The number of halogens is 2. The maximum atomic E-state index is 12.7. The first-order chi connectivity index (χ1) is 20.3. The van der Waals surface area contributed by atoms with E-state index in [9.17, 15) is 9.18 Å². The van der Waals surface area contributed by atoms with Gasteiger partial charge in [0, 0.05) is 49.2 Å². The molecule has 1 amide bonds. The molecule has 5 rings (SSSR count). The molecular weight excluding hydrogens is 619 g/mol. The summed E-state index contributed by atoms with van der Waals surface area (Å²) in [5, 5.41) is 10.7. The molecule has 14 heteroatoms. The van der Waals surface area contributed by atoms with Crippen LogP contribution in [0, 0.1) is 5.82 Å². The van der Waals surface area contributed by atoms with Crippen molar-refractivity contribution >= 4 is 39.5 Å². The number of anilines is 3. The summed E-state index contributed by atoms with van der Waals surface area (Å²) in [4.78, 5) is 22.8. The molecule has 5 aromatic rings. The summed E-state index contributed by atoms with van der Waals surface area (Å²) in [5.41, 5.74) is 13.6. The van der Waals surface area contributed by atoms with E-state index in [0.29, 0.717) is 17.6 Å². The Morgan fingerprint density at radius 3 is 1.93 bits per heavy atom. The Labute approximate surface area is 257 Å². The average molecular weight is 654 g/mol. The lowest BCUT2D eigenvalue weighted by Gasteiger charge is -2.19. The topological polar surface area (TPSA) is 165 Å². The summed E-state index contributed by atoms with van der Waals surface area (Å²) in [6.07, 6.45) is 11.4. The molecule has 43 heavy (non-hydrogen) atoms. The van der Waals surface area contributed by atoms with Gasteiger partial charge in [0.25, 0.3) is 0 Å². The minimum Gasteiger partial charge on any atom is -0.444 e. The Morgan fingerprint density at radius 2 is 1.47 bits per heavy atom. The van der Waals surface area contributed by atoms with Gasteiger partial charge in [-0.15, -0.1) is 0 Å². The fourth-order valence-electron chi connectivity index (χ4n) is 3.26. The van der Waals surface area contributed by atoms with E-state index in [1.165, 1.54) is 17.8 Å². The second-order valence-corrected chi connectivity index (χ2v) is 11.3. The maximum Gasteiger partial charge on any atom is 0.413 e. The lowest BCUT2D eigenvalue weighted by molar-refractivity contribution is 0.0635. The highest BCUT2D eigenvalue weighted by molar-refractivity contribution is 9.10. The largest absolute Gasteiger partial charge is 0.444 e. The van der Waals surface area contributed by atoms with Gasteiger partial charge in [0.05, 0.1) is 28.2 Å². The highest BCUT2D eigenvalue weighted by Gasteiger charge is 2.16. The number of aromatic nitrogens is 7. The van der Waals surface area contributed by atoms with Crippen LogP contribution in [0.2, 0.25) is 0 Å². The van der Waals surface area contributed by atoms with Crippen molar-refractivity contribution in [2.24, 2.45) is 0 Å². The van der Waals surface area contributed by atoms with Crippen LogP contribution in [0.15, 0.2) is 84.2 Å². The van der Waals surface area contributed by atoms with Crippen LogP contribution in [0.25, 0.3) is 11.4 Å².